The van der Waals surface area contributed by atoms with Gasteiger partial charge in [-0.25, -0.2) is 4.79 Å². The molecular weight excluding hydrogens is 519 g/mol. The van der Waals surface area contributed by atoms with E-state index in [4.69, 9.17) is 4.74 Å². The zero-order valence-corrected chi connectivity index (χ0v) is 21.1. The van der Waals surface area contributed by atoms with Crippen molar-refractivity contribution in [3.63, 3.8) is 0 Å². The van der Waals surface area contributed by atoms with Crippen molar-refractivity contribution in [3.05, 3.63) is 57.7 Å². The largest absolute Gasteiger partial charge is 0.467 e. The SMILES string of the molecule is CCCC(NC(=O)C(CC(C)C)NC(=O)c1ccc(-c2ccc(I)cc2)cc1)C(=O)OC. The summed E-state index contributed by atoms with van der Waals surface area (Å²) in [6.07, 6.45) is 1.65. The van der Waals surface area contributed by atoms with Gasteiger partial charge in [0.2, 0.25) is 5.91 Å². The summed E-state index contributed by atoms with van der Waals surface area (Å²) in [6, 6.07) is 14.0. The van der Waals surface area contributed by atoms with Crippen LogP contribution in [0.3, 0.4) is 0 Å². The number of rotatable bonds is 10. The second kappa shape index (κ2) is 12.6. The van der Waals surface area contributed by atoms with Crippen molar-refractivity contribution >= 4 is 40.4 Å². The molecular formula is C25H31IN2O4. The lowest BCUT2D eigenvalue weighted by Crippen LogP contribution is -2.52. The molecule has 2 N–H and O–H groups in total. The maximum Gasteiger partial charge on any atom is 0.328 e. The molecule has 0 aromatic heterocycles. The molecule has 2 amide bonds. The Hall–Kier alpha value is -2.42. The Morgan fingerprint density at radius 3 is 1.97 bits per heavy atom. The smallest absolute Gasteiger partial charge is 0.328 e. The fourth-order valence-electron chi connectivity index (χ4n) is 3.35. The molecule has 0 bridgehead atoms. The Bertz CT molecular complexity index is 911. The van der Waals surface area contributed by atoms with Gasteiger partial charge in [-0.2, -0.15) is 0 Å². The molecule has 2 aromatic carbocycles. The zero-order valence-electron chi connectivity index (χ0n) is 19.0. The first-order chi connectivity index (χ1) is 15.2. The number of halogens is 1. The summed E-state index contributed by atoms with van der Waals surface area (Å²) in [4.78, 5) is 37.7. The summed E-state index contributed by atoms with van der Waals surface area (Å²) in [5, 5.41) is 5.57. The molecule has 32 heavy (non-hydrogen) atoms. The molecule has 2 unspecified atom stereocenters. The predicted octanol–water partition coefficient (Wildman–Crippen LogP) is 4.56. The summed E-state index contributed by atoms with van der Waals surface area (Å²) in [6.45, 7) is 5.88. The van der Waals surface area contributed by atoms with Crippen LogP contribution in [-0.4, -0.2) is 37.0 Å². The molecule has 6 nitrogen and oxygen atoms in total. The Labute approximate surface area is 203 Å². The summed E-state index contributed by atoms with van der Waals surface area (Å²) < 4.78 is 5.95. The van der Waals surface area contributed by atoms with Crippen LogP contribution in [0.4, 0.5) is 0 Å². The molecule has 0 saturated carbocycles. The molecule has 2 atom stereocenters. The molecule has 0 aliphatic carbocycles. The number of esters is 1. The van der Waals surface area contributed by atoms with Crippen LogP contribution in [-0.2, 0) is 14.3 Å². The minimum Gasteiger partial charge on any atom is -0.467 e. The molecule has 0 aliphatic heterocycles. The number of hydrogen-bond donors (Lipinski definition) is 2. The van der Waals surface area contributed by atoms with Crippen LogP contribution in [0.25, 0.3) is 11.1 Å². The first kappa shape index (κ1) is 25.8. The van der Waals surface area contributed by atoms with Crippen molar-refractivity contribution in [2.24, 2.45) is 5.92 Å². The average Bonchev–Trinajstić information content (AvgIpc) is 2.78. The molecule has 0 fully saturated rings. The maximum absolute atomic E-state index is 12.9. The number of benzene rings is 2. The van der Waals surface area contributed by atoms with Gasteiger partial charge >= 0.3 is 5.97 Å². The van der Waals surface area contributed by atoms with Crippen molar-refractivity contribution in [1.82, 2.24) is 10.6 Å². The van der Waals surface area contributed by atoms with Gasteiger partial charge in [-0.15, -0.1) is 0 Å². The Morgan fingerprint density at radius 1 is 0.906 bits per heavy atom. The van der Waals surface area contributed by atoms with Crippen molar-refractivity contribution in [2.45, 2.75) is 52.1 Å². The van der Waals surface area contributed by atoms with E-state index in [1.807, 2.05) is 57.2 Å². The molecule has 0 heterocycles. The highest BCUT2D eigenvalue weighted by atomic mass is 127. The Morgan fingerprint density at radius 2 is 1.47 bits per heavy atom. The summed E-state index contributed by atoms with van der Waals surface area (Å²) in [7, 11) is 1.30. The molecule has 0 saturated heterocycles. The minimum atomic E-state index is -0.748. The predicted molar refractivity (Wildman–Crippen MR) is 134 cm³/mol. The lowest BCUT2D eigenvalue weighted by atomic mass is 10.0. The number of nitrogens with one attached hydrogen (secondary N) is 2. The zero-order chi connectivity index (χ0) is 23.7. The van der Waals surface area contributed by atoms with Crippen LogP contribution in [0.5, 0.6) is 0 Å². The van der Waals surface area contributed by atoms with Gasteiger partial charge in [0.25, 0.3) is 5.91 Å². The topological polar surface area (TPSA) is 84.5 Å². The van der Waals surface area contributed by atoms with Crippen LogP contribution >= 0.6 is 22.6 Å². The third-order valence-corrected chi connectivity index (χ3v) is 5.75. The first-order valence-electron chi connectivity index (χ1n) is 10.8. The Balaban J connectivity index is 2.12. The van der Waals surface area contributed by atoms with Crippen molar-refractivity contribution in [2.75, 3.05) is 7.11 Å². The van der Waals surface area contributed by atoms with Crippen molar-refractivity contribution in [3.8, 4) is 11.1 Å². The Kier molecular flexibility index (Phi) is 10.2. The van der Waals surface area contributed by atoms with Crippen LogP contribution in [0.15, 0.2) is 48.5 Å². The second-order valence-electron chi connectivity index (χ2n) is 8.11. The van der Waals surface area contributed by atoms with E-state index in [0.29, 0.717) is 24.8 Å². The molecule has 0 aliphatic rings. The van der Waals surface area contributed by atoms with Crippen LogP contribution in [0.1, 0.15) is 50.4 Å². The van der Waals surface area contributed by atoms with E-state index in [1.54, 1.807) is 12.1 Å². The normalized spacial score (nSPS) is 12.7. The molecule has 172 valence electrons. The van der Waals surface area contributed by atoms with Crippen LogP contribution < -0.4 is 10.6 Å². The standard InChI is InChI=1S/C25H31IN2O4/c1-5-6-21(25(31)32-4)27-24(30)22(15-16(2)3)28-23(29)19-9-7-17(8-10-19)18-11-13-20(26)14-12-18/h7-14,16,21-22H,5-6,15H2,1-4H3,(H,27,30)(H,28,29). The molecule has 2 rings (SSSR count). The van der Waals surface area contributed by atoms with Gasteiger partial charge in [0.1, 0.15) is 12.1 Å². The minimum absolute atomic E-state index is 0.178. The molecule has 0 spiro atoms. The molecule has 7 heteroatoms. The number of hydrogen-bond acceptors (Lipinski definition) is 4. The number of carbonyl (C=O) groups excluding carboxylic acids is 3. The van der Waals surface area contributed by atoms with Gasteiger partial charge in [0, 0.05) is 9.13 Å². The summed E-state index contributed by atoms with van der Waals surface area (Å²) in [5.74, 6) is -1.02. The number of ether oxygens (including phenoxy) is 1. The number of methoxy groups -OCH3 is 1. The third kappa shape index (κ3) is 7.62. The van der Waals surface area contributed by atoms with Crippen LogP contribution in [0, 0.1) is 9.49 Å². The van der Waals surface area contributed by atoms with E-state index >= 15 is 0 Å². The highest BCUT2D eigenvalue weighted by Gasteiger charge is 2.27. The highest BCUT2D eigenvalue weighted by Crippen LogP contribution is 2.21. The number of amides is 2. The lowest BCUT2D eigenvalue weighted by Gasteiger charge is -2.23. The quantitative estimate of drug-likeness (QED) is 0.336. The van der Waals surface area contributed by atoms with Gasteiger partial charge in [-0.05, 0) is 76.7 Å². The van der Waals surface area contributed by atoms with Gasteiger partial charge < -0.3 is 15.4 Å². The van der Waals surface area contributed by atoms with Gasteiger partial charge in [-0.3, -0.25) is 9.59 Å². The van der Waals surface area contributed by atoms with E-state index in [0.717, 1.165) is 14.7 Å². The summed E-state index contributed by atoms with van der Waals surface area (Å²) >= 11 is 2.26. The third-order valence-electron chi connectivity index (χ3n) is 5.03. The highest BCUT2D eigenvalue weighted by molar-refractivity contribution is 14.1. The van der Waals surface area contributed by atoms with Crippen molar-refractivity contribution in [1.29, 1.82) is 0 Å². The maximum atomic E-state index is 12.9. The summed E-state index contributed by atoms with van der Waals surface area (Å²) in [5.41, 5.74) is 2.55. The average molecular weight is 550 g/mol. The lowest BCUT2D eigenvalue weighted by molar-refractivity contribution is -0.145. The van der Waals surface area contributed by atoms with Gasteiger partial charge in [0.05, 0.1) is 7.11 Å². The van der Waals surface area contributed by atoms with E-state index in [9.17, 15) is 14.4 Å². The molecule has 2 aromatic rings. The fourth-order valence-corrected chi connectivity index (χ4v) is 3.71. The van der Waals surface area contributed by atoms with Crippen LogP contribution in [0.2, 0.25) is 0 Å². The first-order valence-corrected chi connectivity index (χ1v) is 11.9. The van der Waals surface area contributed by atoms with E-state index in [-0.39, 0.29) is 17.7 Å². The monoisotopic (exact) mass is 550 g/mol. The van der Waals surface area contributed by atoms with Crippen molar-refractivity contribution < 1.29 is 19.1 Å². The second-order valence-corrected chi connectivity index (χ2v) is 9.36. The van der Waals surface area contributed by atoms with E-state index in [2.05, 4.69) is 33.2 Å². The molecule has 0 radical (unpaired) electrons. The fraction of sp³-hybridized carbons (Fsp3) is 0.400. The van der Waals surface area contributed by atoms with E-state index < -0.39 is 18.1 Å². The number of carbonyl (C=O) groups is 3. The van der Waals surface area contributed by atoms with Gasteiger partial charge in [-0.1, -0.05) is 51.5 Å². The van der Waals surface area contributed by atoms with E-state index in [1.165, 1.54) is 7.11 Å². The van der Waals surface area contributed by atoms with Gasteiger partial charge in [0.15, 0.2) is 0 Å².